The van der Waals surface area contributed by atoms with Crippen LogP contribution >= 0.6 is 23.1 Å². The van der Waals surface area contributed by atoms with Gasteiger partial charge in [-0.2, -0.15) is 0 Å². The molecule has 1 aliphatic heterocycles. The Balaban J connectivity index is 2.20. The van der Waals surface area contributed by atoms with Crippen molar-refractivity contribution in [3.05, 3.63) is 28.6 Å². The predicted octanol–water partition coefficient (Wildman–Crippen LogP) is 4.03. The van der Waals surface area contributed by atoms with Crippen molar-refractivity contribution in [1.82, 2.24) is 5.32 Å². The van der Waals surface area contributed by atoms with E-state index in [2.05, 4.69) is 44.3 Å². The predicted molar refractivity (Wildman–Crippen MR) is 83.6 cm³/mol. The molecule has 2 heterocycles. The third-order valence-corrected chi connectivity index (χ3v) is 5.75. The van der Waals surface area contributed by atoms with E-state index in [0.29, 0.717) is 0 Å². The van der Waals surface area contributed by atoms with Gasteiger partial charge in [-0.1, -0.05) is 32.9 Å². The Morgan fingerprint density at radius 3 is 2.79 bits per heavy atom. The number of hydrogen-bond donors (Lipinski definition) is 1. The number of carbonyl (C=O) groups is 1. The third kappa shape index (κ3) is 2.28. The van der Waals surface area contributed by atoms with Gasteiger partial charge in [-0.05, 0) is 17.0 Å². The number of thioether (sulfide) groups is 1. The third-order valence-electron chi connectivity index (χ3n) is 3.35. The van der Waals surface area contributed by atoms with Crippen LogP contribution in [-0.4, -0.2) is 18.2 Å². The number of amides is 1. The highest BCUT2D eigenvalue weighted by Gasteiger charge is 2.22. The summed E-state index contributed by atoms with van der Waals surface area (Å²) in [4.78, 5) is 14.1. The monoisotopic (exact) mass is 291 g/mol. The van der Waals surface area contributed by atoms with Gasteiger partial charge in [-0.25, -0.2) is 0 Å². The number of nitrogens with one attached hydrogen (secondary N) is 1. The van der Waals surface area contributed by atoms with Crippen molar-refractivity contribution in [2.45, 2.75) is 31.1 Å². The maximum atomic E-state index is 12.0. The highest BCUT2D eigenvalue weighted by atomic mass is 32.2. The van der Waals surface area contributed by atoms with E-state index in [9.17, 15) is 4.79 Å². The van der Waals surface area contributed by atoms with Gasteiger partial charge in [0, 0.05) is 27.3 Å². The highest BCUT2D eigenvalue weighted by Crippen LogP contribution is 2.40. The molecule has 1 aromatic heterocycles. The van der Waals surface area contributed by atoms with E-state index in [1.54, 1.807) is 23.1 Å². The molecular weight excluding hydrogens is 274 g/mol. The first-order chi connectivity index (χ1) is 8.97. The van der Waals surface area contributed by atoms with Gasteiger partial charge in [-0.15, -0.1) is 23.1 Å². The summed E-state index contributed by atoms with van der Waals surface area (Å²) in [5, 5.41) is 4.19. The van der Waals surface area contributed by atoms with Gasteiger partial charge < -0.3 is 5.32 Å². The molecule has 3 rings (SSSR count). The van der Waals surface area contributed by atoms with Gasteiger partial charge in [0.15, 0.2) is 0 Å². The fourth-order valence-corrected chi connectivity index (χ4v) is 4.62. The first-order valence-corrected chi connectivity index (χ1v) is 8.25. The Hall–Kier alpha value is -1.00. The molecule has 0 bridgehead atoms. The van der Waals surface area contributed by atoms with Crippen LogP contribution in [0, 0.1) is 0 Å². The normalized spacial score (nSPS) is 16.1. The van der Waals surface area contributed by atoms with E-state index in [0.717, 1.165) is 22.1 Å². The van der Waals surface area contributed by atoms with E-state index in [1.807, 2.05) is 0 Å². The molecule has 1 aromatic carbocycles. The topological polar surface area (TPSA) is 29.1 Å². The smallest absolute Gasteiger partial charge is 0.262 e. The lowest BCUT2D eigenvalue weighted by atomic mass is 9.87. The van der Waals surface area contributed by atoms with Crippen molar-refractivity contribution in [3.63, 3.8) is 0 Å². The summed E-state index contributed by atoms with van der Waals surface area (Å²) < 4.78 is 1.22. The molecule has 1 amide bonds. The molecule has 0 fully saturated rings. The van der Waals surface area contributed by atoms with Crippen LogP contribution in [0.1, 0.15) is 36.0 Å². The van der Waals surface area contributed by atoms with Crippen LogP contribution < -0.4 is 5.32 Å². The van der Waals surface area contributed by atoms with Crippen molar-refractivity contribution in [2.24, 2.45) is 0 Å². The van der Waals surface area contributed by atoms with Gasteiger partial charge in [0.25, 0.3) is 5.91 Å². The summed E-state index contributed by atoms with van der Waals surface area (Å²) in [5.74, 6) is 1.03. The second-order valence-electron chi connectivity index (χ2n) is 5.83. The van der Waals surface area contributed by atoms with Crippen molar-refractivity contribution in [2.75, 3.05) is 12.3 Å². The molecule has 1 N–H and O–H groups in total. The number of thiophene rings is 1. The standard InChI is InChI=1S/C15H17NOS2/c1-15(2,3)9-4-5-10-11(8-9)19-13-12(10)18-7-6-16-14(13)17/h4-5,8H,6-7H2,1-3H3,(H,16,17). The van der Waals surface area contributed by atoms with E-state index < -0.39 is 0 Å². The average molecular weight is 291 g/mol. The van der Waals surface area contributed by atoms with Crippen LogP contribution in [0.5, 0.6) is 0 Å². The highest BCUT2D eigenvalue weighted by molar-refractivity contribution is 7.99. The zero-order chi connectivity index (χ0) is 13.6. The van der Waals surface area contributed by atoms with Gasteiger partial charge in [-0.3, -0.25) is 4.79 Å². The summed E-state index contributed by atoms with van der Waals surface area (Å²) in [7, 11) is 0. The molecule has 2 nitrogen and oxygen atoms in total. The molecule has 0 unspecified atom stereocenters. The molecule has 4 heteroatoms. The summed E-state index contributed by atoms with van der Waals surface area (Å²) >= 11 is 3.41. The Bertz CT molecular complexity index is 652. The van der Waals surface area contributed by atoms with Gasteiger partial charge >= 0.3 is 0 Å². The maximum absolute atomic E-state index is 12.0. The van der Waals surface area contributed by atoms with Crippen LogP contribution in [0.25, 0.3) is 10.1 Å². The van der Waals surface area contributed by atoms with Crippen LogP contribution in [0.4, 0.5) is 0 Å². The van der Waals surface area contributed by atoms with Gasteiger partial charge in [0.1, 0.15) is 4.88 Å². The van der Waals surface area contributed by atoms with Gasteiger partial charge in [0.05, 0.1) is 0 Å². The number of hydrogen-bond acceptors (Lipinski definition) is 3. The van der Waals surface area contributed by atoms with E-state index >= 15 is 0 Å². The Kier molecular flexibility index (Phi) is 3.10. The molecule has 0 radical (unpaired) electrons. The number of rotatable bonds is 0. The molecular formula is C15H17NOS2. The Morgan fingerprint density at radius 1 is 1.26 bits per heavy atom. The molecule has 0 aliphatic carbocycles. The SMILES string of the molecule is CC(C)(C)c1ccc2c3c(sc2c1)C(=O)NCCS3. The van der Waals surface area contributed by atoms with Gasteiger partial charge in [0.2, 0.25) is 0 Å². The molecule has 0 saturated heterocycles. The molecule has 0 spiro atoms. The van der Waals surface area contributed by atoms with Crippen LogP contribution in [0.15, 0.2) is 23.1 Å². The summed E-state index contributed by atoms with van der Waals surface area (Å²) in [5.41, 5.74) is 1.46. The minimum Gasteiger partial charge on any atom is -0.350 e. The summed E-state index contributed by atoms with van der Waals surface area (Å²) in [6.45, 7) is 7.41. The first kappa shape index (κ1) is 13.0. The largest absolute Gasteiger partial charge is 0.350 e. The van der Waals surface area contributed by atoms with Crippen LogP contribution in [-0.2, 0) is 5.41 Å². The van der Waals surface area contributed by atoms with Crippen LogP contribution in [0.3, 0.4) is 0 Å². The number of carbonyl (C=O) groups excluding carboxylic acids is 1. The van der Waals surface area contributed by atoms with E-state index in [1.165, 1.54) is 15.6 Å². The average Bonchev–Trinajstić information content (AvgIpc) is 2.61. The minimum absolute atomic E-state index is 0.0820. The second kappa shape index (κ2) is 4.53. The molecule has 0 atom stereocenters. The van der Waals surface area contributed by atoms with Crippen LogP contribution in [0.2, 0.25) is 0 Å². The fourth-order valence-electron chi connectivity index (χ4n) is 2.23. The fraction of sp³-hybridized carbons (Fsp3) is 0.400. The Morgan fingerprint density at radius 2 is 2.05 bits per heavy atom. The van der Waals surface area contributed by atoms with Crippen molar-refractivity contribution in [1.29, 1.82) is 0 Å². The zero-order valence-corrected chi connectivity index (χ0v) is 13.0. The summed E-state index contributed by atoms with van der Waals surface area (Å²) in [6, 6.07) is 6.61. The molecule has 100 valence electrons. The lowest BCUT2D eigenvalue weighted by Gasteiger charge is -2.18. The lowest BCUT2D eigenvalue weighted by molar-refractivity contribution is 0.0959. The quantitative estimate of drug-likeness (QED) is 0.794. The van der Waals surface area contributed by atoms with Crippen molar-refractivity contribution in [3.8, 4) is 0 Å². The molecule has 2 aromatic rings. The van der Waals surface area contributed by atoms with Crippen molar-refractivity contribution < 1.29 is 4.79 Å². The second-order valence-corrected chi connectivity index (χ2v) is 7.98. The summed E-state index contributed by atoms with van der Waals surface area (Å²) in [6.07, 6.45) is 0. The van der Waals surface area contributed by atoms with E-state index in [-0.39, 0.29) is 11.3 Å². The van der Waals surface area contributed by atoms with E-state index in [4.69, 9.17) is 0 Å². The molecule has 1 aliphatic rings. The maximum Gasteiger partial charge on any atom is 0.262 e. The Labute approximate surface area is 121 Å². The number of fused-ring (bicyclic) bond motifs is 3. The molecule has 19 heavy (non-hydrogen) atoms. The number of benzene rings is 1. The first-order valence-electron chi connectivity index (χ1n) is 6.45. The molecule has 0 saturated carbocycles. The van der Waals surface area contributed by atoms with Crippen molar-refractivity contribution >= 4 is 39.1 Å². The zero-order valence-electron chi connectivity index (χ0n) is 11.4. The minimum atomic E-state index is 0.0820. The lowest BCUT2D eigenvalue weighted by Crippen LogP contribution is -2.22.